The van der Waals surface area contributed by atoms with E-state index in [2.05, 4.69) is 5.32 Å². The molecule has 2 amide bonds. The van der Waals surface area contributed by atoms with Crippen molar-refractivity contribution in [2.75, 3.05) is 23.4 Å². The number of carbonyl (C=O) groups is 3. The summed E-state index contributed by atoms with van der Waals surface area (Å²) in [4.78, 5) is 38.6. The Hall–Kier alpha value is -3.15. The van der Waals surface area contributed by atoms with Gasteiger partial charge < -0.3 is 15.0 Å². The minimum Gasteiger partial charge on any atom is -0.455 e. The second-order valence-corrected chi connectivity index (χ2v) is 7.73. The van der Waals surface area contributed by atoms with E-state index < -0.39 is 17.8 Å². The summed E-state index contributed by atoms with van der Waals surface area (Å²) >= 11 is 0. The lowest BCUT2D eigenvalue weighted by molar-refractivity contribution is -0.151. The van der Waals surface area contributed by atoms with Crippen molar-refractivity contribution in [2.45, 2.75) is 34.1 Å². The van der Waals surface area contributed by atoms with E-state index in [1.165, 1.54) is 0 Å². The molecule has 0 radical (unpaired) electrons. The maximum Gasteiger partial charge on any atom is 0.311 e. The smallest absolute Gasteiger partial charge is 0.311 e. The number of ether oxygens (including phenoxy) is 1. The molecule has 1 aliphatic heterocycles. The number of aryl methyl sites for hydroxylation is 4. The van der Waals surface area contributed by atoms with Crippen LogP contribution < -0.4 is 10.2 Å². The number of esters is 1. The third kappa shape index (κ3) is 5.02. The first kappa shape index (κ1) is 20.6. The quantitative estimate of drug-likeness (QED) is 0.788. The summed E-state index contributed by atoms with van der Waals surface area (Å²) in [6, 6.07) is 11.6. The van der Waals surface area contributed by atoms with Crippen molar-refractivity contribution in [2.24, 2.45) is 5.92 Å². The molecule has 0 aliphatic carbocycles. The largest absolute Gasteiger partial charge is 0.455 e. The van der Waals surface area contributed by atoms with Crippen molar-refractivity contribution in [3.8, 4) is 0 Å². The molecule has 1 aliphatic rings. The number of hydrogen-bond acceptors (Lipinski definition) is 4. The fourth-order valence-electron chi connectivity index (χ4n) is 3.61. The summed E-state index contributed by atoms with van der Waals surface area (Å²) in [6.07, 6.45) is 0.0882. The van der Waals surface area contributed by atoms with Crippen LogP contribution in [0.1, 0.15) is 28.7 Å². The Morgan fingerprint density at radius 2 is 1.72 bits per heavy atom. The fourth-order valence-corrected chi connectivity index (χ4v) is 3.61. The van der Waals surface area contributed by atoms with Gasteiger partial charge in [-0.1, -0.05) is 18.2 Å². The molecule has 1 atom stereocenters. The number of nitrogens with zero attached hydrogens (tertiary/aromatic N) is 1. The molecule has 2 aromatic rings. The fraction of sp³-hybridized carbons (Fsp3) is 0.348. The first-order valence-corrected chi connectivity index (χ1v) is 9.65. The van der Waals surface area contributed by atoms with E-state index in [1.807, 2.05) is 64.1 Å². The molecule has 0 unspecified atom stereocenters. The standard InChI is InChI=1S/C23H26N2O4/c1-14-5-6-17(4)20(10-14)25-12-18(11-22(25)27)23(28)29-13-21(26)24-19-8-15(2)7-16(3)9-19/h5-10,18H,11-13H2,1-4H3,(H,24,26)/t18-/m1/s1. The van der Waals surface area contributed by atoms with Crippen molar-refractivity contribution in [3.05, 3.63) is 58.7 Å². The predicted octanol–water partition coefficient (Wildman–Crippen LogP) is 3.46. The Labute approximate surface area is 170 Å². The van der Waals surface area contributed by atoms with Gasteiger partial charge in [-0.25, -0.2) is 0 Å². The molecule has 3 rings (SSSR count). The molecule has 6 nitrogen and oxygen atoms in total. The zero-order valence-corrected chi connectivity index (χ0v) is 17.2. The van der Waals surface area contributed by atoms with E-state index in [-0.39, 0.29) is 25.5 Å². The number of benzene rings is 2. The molecular weight excluding hydrogens is 368 g/mol. The van der Waals surface area contributed by atoms with Gasteiger partial charge in [0.15, 0.2) is 6.61 Å². The number of rotatable bonds is 5. The van der Waals surface area contributed by atoms with Crippen LogP contribution in [0.4, 0.5) is 11.4 Å². The Balaban J connectivity index is 1.56. The van der Waals surface area contributed by atoms with Crippen LogP contribution in [0.3, 0.4) is 0 Å². The maximum absolute atomic E-state index is 12.4. The third-order valence-corrected chi connectivity index (χ3v) is 4.96. The van der Waals surface area contributed by atoms with E-state index >= 15 is 0 Å². The minimum atomic E-state index is -0.573. The third-order valence-electron chi connectivity index (χ3n) is 4.96. The lowest BCUT2D eigenvalue weighted by Gasteiger charge is -2.19. The van der Waals surface area contributed by atoms with Gasteiger partial charge in [0.05, 0.1) is 5.92 Å². The lowest BCUT2D eigenvalue weighted by atomic mass is 10.1. The minimum absolute atomic E-state index is 0.0882. The molecule has 0 aromatic heterocycles. The number of amides is 2. The van der Waals surface area contributed by atoms with E-state index in [0.29, 0.717) is 5.69 Å². The molecule has 1 heterocycles. The van der Waals surface area contributed by atoms with Crippen LogP contribution in [0.15, 0.2) is 36.4 Å². The zero-order valence-electron chi connectivity index (χ0n) is 17.2. The summed E-state index contributed by atoms with van der Waals surface area (Å²) in [5.41, 5.74) is 5.58. The monoisotopic (exact) mass is 394 g/mol. The highest BCUT2D eigenvalue weighted by molar-refractivity contribution is 6.00. The van der Waals surface area contributed by atoms with Gasteiger partial charge in [0.1, 0.15) is 0 Å². The van der Waals surface area contributed by atoms with Crippen LogP contribution in [0.5, 0.6) is 0 Å². The first-order valence-electron chi connectivity index (χ1n) is 9.65. The lowest BCUT2D eigenvalue weighted by Crippen LogP contribution is -2.28. The normalized spacial score (nSPS) is 16.1. The van der Waals surface area contributed by atoms with Crippen LogP contribution in [-0.2, 0) is 19.1 Å². The molecule has 1 saturated heterocycles. The Bertz CT molecular complexity index is 947. The molecule has 6 heteroatoms. The highest BCUT2D eigenvalue weighted by atomic mass is 16.5. The molecule has 29 heavy (non-hydrogen) atoms. The van der Waals surface area contributed by atoms with Gasteiger partial charge >= 0.3 is 5.97 Å². The van der Waals surface area contributed by atoms with Gasteiger partial charge in [0.2, 0.25) is 5.91 Å². The summed E-state index contributed by atoms with van der Waals surface area (Å²) in [6.45, 7) is 7.68. The van der Waals surface area contributed by atoms with Crippen LogP contribution >= 0.6 is 0 Å². The van der Waals surface area contributed by atoms with Crippen molar-refractivity contribution >= 4 is 29.2 Å². The van der Waals surface area contributed by atoms with E-state index in [9.17, 15) is 14.4 Å². The molecule has 0 spiro atoms. The predicted molar refractivity (Wildman–Crippen MR) is 112 cm³/mol. The molecule has 1 N–H and O–H groups in total. The Morgan fingerprint density at radius 1 is 1.03 bits per heavy atom. The average Bonchev–Trinajstić information content (AvgIpc) is 3.02. The van der Waals surface area contributed by atoms with Crippen LogP contribution in [-0.4, -0.2) is 30.9 Å². The van der Waals surface area contributed by atoms with Gasteiger partial charge in [-0.2, -0.15) is 0 Å². The van der Waals surface area contributed by atoms with E-state index in [4.69, 9.17) is 4.74 Å². The summed E-state index contributed by atoms with van der Waals surface area (Å²) in [7, 11) is 0. The highest BCUT2D eigenvalue weighted by Crippen LogP contribution is 2.29. The maximum atomic E-state index is 12.4. The molecule has 0 saturated carbocycles. The van der Waals surface area contributed by atoms with E-state index in [1.54, 1.807) is 4.90 Å². The molecule has 0 bridgehead atoms. The topological polar surface area (TPSA) is 75.7 Å². The van der Waals surface area contributed by atoms with Crippen LogP contribution in [0.2, 0.25) is 0 Å². The molecule has 152 valence electrons. The van der Waals surface area contributed by atoms with Gasteiger partial charge in [0.25, 0.3) is 5.91 Å². The first-order chi connectivity index (χ1) is 13.7. The summed E-state index contributed by atoms with van der Waals surface area (Å²) in [5.74, 6) is -1.61. The van der Waals surface area contributed by atoms with Crippen molar-refractivity contribution in [1.82, 2.24) is 0 Å². The van der Waals surface area contributed by atoms with Gasteiger partial charge in [0, 0.05) is 24.3 Å². The van der Waals surface area contributed by atoms with Gasteiger partial charge in [-0.05, 0) is 68.1 Å². The van der Waals surface area contributed by atoms with E-state index in [0.717, 1.165) is 27.9 Å². The number of nitrogens with one attached hydrogen (secondary N) is 1. The van der Waals surface area contributed by atoms with Crippen LogP contribution in [0.25, 0.3) is 0 Å². The molecule has 1 fully saturated rings. The number of hydrogen-bond donors (Lipinski definition) is 1. The van der Waals surface area contributed by atoms with Crippen molar-refractivity contribution < 1.29 is 19.1 Å². The van der Waals surface area contributed by atoms with Gasteiger partial charge in [-0.15, -0.1) is 0 Å². The summed E-state index contributed by atoms with van der Waals surface area (Å²) < 4.78 is 5.18. The van der Waals surface area contributed by atoms with Crippen LogP contribution in [0, 0.1) is 33.6 Å². The second-order valence-electron chi connectivity index (χ2n) is 7.73. The zero-order chi connectivity index (χ0) is 21.1. The van der Waals surface area contributed by atoms with Gasteiger partial charge in [-0.3, -0.25) is 14.4 Å². The highest BCUT2D eigenvalue weighted by Gasteiger charge is 2.36. The van der Waals surface area contributed by atoms with Crippen molar-refractivity contribution in [3.63, 3.8) is 0 Å². The number of anilines is 2. The average molecular weight is 394 g/mol. The second kappa shape index (κ2) is 8.47. The SMILES string of the molecule is Cc1cc(C)cc(NC(=O)COC(=O)[C@@H]2CC(=O)N(c3cc(C)ccc3C)C2)c1. The molecular formula is C23H26N2O4. The van der Waals surface area contributed by atoms with Crippen molar-refractivity contribution in [1.29, 1.82) is 0 Å². The summed E-state index contributed by atoms with van der Waals surface area (Å²) in [5, 5.41) is 2.73. The number of carbonyl (C=O) groups excluding carboxylic acids is 3. The molecule has 2 aromatic carbocycles. The Kier molecular flexibility index (Phi) is 6.01. The Morgan fingerprint density at radius 3 is 2.41 bits per heavy atom.